The Hall–Kier alpha value is -0.600. The lowest BCUT2D eigenvalue weighted by Gasteiger charge is -2.19. The zero-order valence-electron chi connectivity index (χ0n) is 10.5. The normalized spacial score (nSPS) is 12.2. The van der Waals surface area contributed by atoms with Crippen molar-refractivity contribution in [2.24, 2.45) is 0 Å². The lowest BCUT2D eigenvalue weighted by Crippen LogP contribution is -2.08. The molecule has 1 unspecified atom stereocenters. The minimum Gasteiger partial charge on any atom is -0.484 e. The first kappa shape index (κ1) is 15.8. The van der Waals surface area contributed by atoms with E-state index < -0.39 is 0 Å². The summed E-state index contributed by atoms with van der Waals surface area (Å²) in [6, 6.07) is 12.6. The molecular formula is C15H12Cl4O. The summed E-state index contributed by atoms with van der Waals surface area (Å²) in [6.07, 6.45) is 0.491. The average Bonchev–Trinajstić information content (AvgIpc) is 2.42. The van der Waals surface area contributed by atoms with Crippen molar-refractivity contribution in [3.05, 3.63) is 63.1 Å². The molecule has 1 atom stereocenters. The van der Waals surface area contributed by atoms with Crippen LogP contribution in [0.3, 0.4) is 0 Å². The summed E-state index contributed by atoms with van der Waals surface area (Å²) in [5, 5.41) is 1.73. The van der Waals surface area contributed by atoms with Crippen LogP contribution in [0.4, 0.5) is 0 Å². The van der Waals surface area contributed by atoms with Gasteiger partial charge in [0.15, 0.2) is 0 Å². The average molecular weight is 350 g/mol. The second-order valence-electron chi connectivity index (χ2n) is 4.21. The minimum atomic E-state index is -0.177. The van der Waals surface area contributed by atoms with E-state index in [1.54, 1.807) is 18.2 Å². The van der Waals surface area contributed by atoms with Gasteiger partial charge < -0.3 is 4.74 Å². The number of benzene rings is 2. The molecule has 2 rings (SSSR count). The van der Waals surface area contributed by atoms with E-state index in [9.17, 15) is 0 Å². The van der Waals surface area contributed by atoms with Gasteiger partial charge in [0.1, 0.15) is 11.9 Å². The van der Waals surface area contributed by atoms with Crippen molar-refractivity contribution in [1.29, 1.82) is 0 Å². The highest BCUT2D eigenvalue weighted by atomic mass is 35.5. The predicted molar refractivity (Wildman–Crippen MR) is 86.6 cm³/mol. The number of hydrogen-bond acceptors (Lipinski definition) is 1. The maximum absolute atomic E-state index is 6.12. The van der Waals surface area contributed by atoms with Crippen molar-refractivity contribution in [3.63, 3.8) is 0 Å². The van der Waals surface area contributed by atoms with Crippen molar-refractivity contribution in [1.82, 2.24) is 0 Å². The Bertz CT molecular complexity index is 569. The second kappa shape index (κ2) is 7.42. The Morgan fingerprint density at radius 2 is 1.55 bits per heavy atom. The maximum Gasteiger partial charge on any atom is 0.138 e. The molecule has 0 heterocycles. The Morgan fingerprint density at radius 1 is 0.900 bits per heavy atom. The first-order chi connectivity index (χ1) is 9.60. The quantitative estimate of drug-likeness (QED) is 0.568. The fraction of sp³-hybridized carbons (Fsp3) is 0.200. The second-order valence-corrected chi connectivity index (χ2v) is 5.87. The predicted octanol–water partition coefficient (Wildman–Crippen LogP) is 6.40. The smallest absolute Gasteiger partial charge is 0.138 e. The minimum absolute atomic E-state index is 0.177. The molecule has 0 fully saturated rings. The molecule has 106 valence electrons. The lowest BCUT2D eigenvalue weighted by atomic mass is 10.1. The zero-order chi connectivity index (χ0) is 14.5. The summed E-state index contributed by atoms with van der Waals surface area (Å²) < 4.78 is 5.95. The van der Waals surface area contributed by atoms with E-state index in [0.29, 0.717) is 33.1 Å². The summed E-state index contributed by atoms with van der Waals surface area (Å²) in [7, 11) is 0. The van der Waals surface area contributed by atoms with Gasteiger partial charge in [-0.15, -0.1) is 11.6 Å². The SMILES string of the molecule is ClCCC(Oc1ccc(Cl)cc1Cl)c1ccc(Cl)cc1. The Kier molecular flexibility index (Phi) is 5.86. The molecule has 2 aromatic carbocycles. The highest BCUT2D eigenvalue weighted by molar-refractivity contribution is 6.35. The lowest BCUT2D eigenvalue weighted by molar-refractivity contribution is 0.202. The monoisotopic (exact) mass is 348 g/mol. The van der Waals surface area contributed by atoms with Crippen molar-refractivity contribution in [2.45, 2.75) is 12.5 Å². The number of halogens is 4. The standard InChI is InChI=1S/C15H12Cl4O/c16-8-7-14(10-1-3-11(17)4-2-10)20-15-6-5-12(18)9-13(15)19/h1-6,9,14H,7-8H2. The van der Waals surface area contributed by atoms with Gasteiger partial charge in [-0.05, 0) is 35.9 Å². The van der Waals surface area contributed by atoms with Crippen LogP contribution in [0.15, 0.2) is 42.5 Å². The molecule has 0 aromatic heterocycles. The van der Waals surface area contributed by atoms with Crippen molar-refractivity contribution < 1.29 is 4.74 Å². The molecule has 2 aromatic rings. The van der Waals surface area contributed by atoms with Crippen LogP contribution in [0.1, 0.15) is 18.1 Å². The van der Waals surface area contributed by atoms with E-state index in [1.165, 1.54) is 0 Å². The van der Waals surface area contributed by atoms with Gasteiger partial charge in [0, 0.05) is 22.3 Å². The first-order valence-corrected chi connectivity index (χ1v) is 7.70. The third kappa shape index (κ3) is 4.20. The van der Waals surface area contributed by atoms with Crippen LogP contribution in [0.2, 0.25) is 15.1 Å². The van der Waals surface area contributed by atoms with E-state index in [-0.39, 0.29) is 6.10 Å². The topological polar surface area (TPSA) is 9.23 Å². The number of rotatable bonds is 5. The molecule has 5 heteroatoms. The van der Waals surface area contributed by atoms with Gasteiger partial charge in [0.2, 0.25) is 0 Å². The van der Waals surface area contributed by atoms with Crippen LogP contribution < -0.4 is 4.74 Å². The molecule has 0 spiro atoms. The Labute approximate surface area is 138 Å². The van der Waals surface area contributed by atoms with E-state index >= 15 is 0 Å². The molecule has 0 saturated carbocycles. The molecular weight excluding hydrogens is 338 g/mol. The van der Waals surface area contributed by atoms with Gasteiger partial charge in [0.05, 0.1) is 5.02 Å². The summed E-state index contributed by atoms with van der Waals surface area (Å²) in [6.45, 7) is 0. The van der Waals surface area contributed by atoms with E-state index in [2.05, 4.69) is 0 Å². The van der Waals surface area contributed by atoms with Gasteiger partial charge in [0.25, 0.3) is 0 Å². The Balaban J connectivity index is 2.22. The molecule has 0 radical (unpaired) electrons. The van der Waals surface area contributed by atoms with Gasteiger partial charge in [-0.25, -0.2) is 0 Å². The fourth-order valence-corrected chi connectivity index (χ4v) is 2.57. The number of ether oxygens (including phenoxy) is 1. The van der Waals surface area contributed by atoms with Crippen molar-refractivity contribution in [3.8, 4) is 5.75 Å². The summed E-state index contributed by atoms with van der Waals surface area (Å²) in [5.41, 5.74) is 1.00. The van der Waals surface area contributed by atoms with Crippen LogP contribution in [-0.2, 0) is 0 Å². The largest absolute Gasteiger partial charge is 0.484 e. The highest BCUT2D eigenvalue weighted by Gasteiger charge is 2.15. The summed E-state index contributed by atoms with van der Waals surface area (Å²) in [4.78, 5) is 0. The molecule has 0 bridgehead atoms. The molecule has 0 saturated heterocycles. The van der Waals surface area contributed by atoms with E-state index in [1.807, 2.05) is 24.3 Å². The Morgan fingerprint density at radius 3 is 2.15 bits per heavy atom. The van der Waals surface area contributed by atoms with Crippen LogP contribution in [-0.4, -0.2) is 5.88 Å². The van der Waals surface area contributed by atoms with Crippen molar-refractivity contribution >= 4 is 46.4 Å². The maximum atomic E-state index is 6.12. The summed E-state index contributed by atoms with van der Waals surface area (Å²) in [5.74, 6) is 1.07. The van der Waals surface area contributed by atoms with E-state index in [4.69, 9.17) is 51.1 Å². The first-order valence-electron chi connectivity index (χ1n) is 6.03. The van der Waals surface area contributed by atoms with Gasteiger partial charge in [-0.2, -0.15) is 0 Å². The van der Waals surface area contributed by atoms with Gasteiger partial charge in [-0.1, -0.05) is 46.9 Å². The zero-order valence-corrected chi connectivity index (χ0v) is 13.5. The van der Waals surface area contributed by atoms with E-state index in [0.717, 1.165) is 5.56 Å². The van der Waals surface area contributed by atoms with Crippen LogP contribution in [0, 0.1) is 0 Å². The van der Waals surface area contributed by atoms with Crippen LogP contribution >= 0.6 is 46.4 Å². The van der Waals surface area contributed by atoms with Crippen molar-refractivity contribution in [2.75, 3.05) is 5.88 Å². The molecule has 0 amide bonds. The van der Waals surface area contributed by atoms with Crippen LogP contribution in [0.5, 0.6) is 5.75 Å². The third-order valence-electron chi connectivity index (χ3n) is 2.78. The highest BCUT2D eigenvalue weighted by Crippen LogP contribution is 2.33. The number of alkyl halides is 1. The molecule has 0 aliphatic carbocycles. The van der Waals surface area contributed by atoms with Crippen LogP contribution in [0.25, 0.3) is 0 Å². The molecule has 0 N–H and O–H groups in total. The molecule has 20 heavy (non-hydrogen) atoms. The molecule has 1 nitrogen and oxygen atoms in total. The molecule has 0 aliphatic heterocycles. The third-order valence-corrected chi connectivity index (χ3v) is 3.78. The van der Waals surface area contributed by atoms with Gasteiger partial charge in [-0.3, -0.25) is 0 Å². The fourth-order valence-electron chi connectivity index (χ4n) is 1.79. The number of hydrogen-bond donors (Lipinski definition) is 0. The summed E-state index contributed by atoms with van der Waals surface area (Å²) >= 11 is 23.7. The van der Waals surface area contributed by atoms with Gasteiger partial charge >= 0.3 is 0 Å². The molecule has 0 aliphatic rings.